The van der Waals surface area contributed by atoms with Crippen LogP contribution in [-0.2, 0) is 16.8 Å². The number of phenols is 1. The van der Waals surface area contributed by atoms with Crippen LogP contribution in [0.1, 0.15) is 36.8 Å². The van der Waals surface area contributed by atoms with Gasteiger partial charge in [-0.05, 0) is 24.5 Å². The quantitative estimate of drug-likeness (QED) is 0.842. The van der Waals surface area contributed by atoms with Crippen molar-refractivity contribution in [1.82, 2.24) is 0 Å². The first-order chi connectivity index (χ1) is 8.22. The molecule has 0 aromatic heterocycles. The highest BCUT2D eigenvalue weighted by molar-refractivity contribution is 5.40. The van der Waals surface area contributed by atoms with Crippen LogP contribution in [-0.4, -0.2) is 18.8 Å². The fraction of sp³-hybridized carbons (Fsp3) is 0.571. The molecule has 0 radical (unpaired) electrons. The summed E-state index contributed by atoms with van der Waals surface area (Å²) >= 11 is 0. The van der Waals surface area contributed by atoms with E-state index in [9.17, 15) is 5.11 Å². The third-order valence-corrected chi connectivity index (χ3v) is 3.95. The first kappa shape index (κ1) is 12.4. The number of ether oxygens (including phenoxy) is 1. The van der Waals surface area contributed by atoms with Crippen LogP contribution in [0.15, 0.2) is 18.2 Å². The zero-order valence-corrected chi connectivity index (χ0v) is 10.4. The van der Waals surface area contributed by atoms with Gasteiger partial charge in [-0.2, -0.15) is 0 Å². The molecule has 0 saturated heterocycles. The van der Waals surface area contributed by atoms with Crippen LogP contribution in [0.3, 0.4) is 0 Å². The van der Waals surface area contributed by atoms with Crippen molar-refractivity contribution >= 4 is 0 Å². The lowest BCUT2D eigenvalue weighted by Gasteiger charge is -2.28. The highest BCUT2D eigenvalue weighted by Crippen LogP contribution is 2.41. The Hall–Kier alpha value is -1.06. The Morgan fingerprint density at radius 3 is 2.59 bits per heavy atom. The number of aromatic hydroxyl groups is 1. The number of benzene rings is 1. The first-order valence-corrected chi connectivity index (χ1v) is 6.23. The van der Waals surface area contributed by atoms with Gasteiger partial charge in [0.15, 0.2) is 0 Å². The fourth-order valence-electron chi connectivity index (χ4n) is 2.83. The second-order valence-electron chi connectivity index (χ2n) is 4.97. The Bertz CT molecular complexity index is 384. The van der Waals surface area contributed by atoms with E-state index in [2.05, 4.69) is 6.07 Å². The molecule has 0 aliphatic heterocycles. The van der Waals surface area contributed by atoms with Crippen molar-refractivity contribution in [3.63, 3.8) is 0 Å². The Labute approximate surface area is 103 Å². The van der Waals surface area contributed by atoms with Crippen LogP contribution < -0.4 is 5.73 Å². The number of nitrogens with two attached hydrogens (primary N) is 1. The maximum Gasteiger partial charge on any atom is 0.121 e. The van der Waals surface area contributed by atoms with E-state index in [0.29, 0.717) is 18.9 Å². The molecule has 0 atom stereocenters. The number of hydrogen-bond acceptors (Lipinski definition) is 3. The molecule has 1 aromatic rings. The summed E-state index contributed by atoms with van der Waals surface area (Å²) < 4.78 is 5.04. The van der Waals surface area contributed by atoms with Crippen LogP contribution in [0.4, 0.5) is 0 Å². The molecule has 1 aliphatic rings. The van der Waals surface area contributed by atoms with Gasteiger partial charge in [0.25, 0.3) is 0 Å². The summed E-state index contributed by atoms with van der Waals surface area (Å²) in [5, 5.41) is 9.97. The summed E-state index contributed by atoms with van der Waals surface area (Å²) in [7, 11) is 1.63. The van der Waals surface area contributed by atoms with E-state index < -0.39 is 0 Å². The first-order valence-electron chi connectivity index (χ1n) is 6.23. The maximum absolute atomic E-state index is 9.97. The molecule has 1 fully saturated rings. The molecule has 1 aliphatic carbocycles. The molecule has 0 bridgehead atoms. The van der Waals surface area contributed by atoms with Gasteiger partial charge in [-0.15, -0.1) is 0 Å². The van der Waals surface area contributed by atoms with Gasteiger partial charge in [-0.25, -0.2) is 0 Å². The van der Waals surface area contributed by atoms with Crippen molar-refractivity contribution in [2.45, 2.75) is 37.7 Å². The minimum Gasteiger partial charge on any atom is -0.508 e. The molecule has 1 aromatic carbocycles. The molecule has 0 amide bonds. The van der Waals surface area contributed by atoms with Crippen LogP contribution in [0.2, 0.25) is 0 Å². The van der Waals surface area contributed by atoms with E-state index in [1.807, 2.05) is 12.1 Å². The second kappa shape index (κ2) is 5.07. The second-order valence-corrected chi connectivity index (χ2v) is 4.97. The zero-order chi connectivity index (χ0) is 12.3. The van der Waals surface area contributed by atoms with E-state index in [1.54, 1.807) is 7.11 Å². The molecule has 1 saturated carbocycles. The maximum atomic E-state index is 9.97. The lowest BCUT2D eigenvalue weighted by molar-refractivity contribution is 0.182. The third kappa shape index (κ3) is 2.31. The average Bonchev–Trinajstić information content (AvgIpc) is 2.82. The van der Waals surface area contributed by atoms with Crippen LogP contribution in [0, 0.1) is 0 Å². The molecule has 17 heavy (non-hydrogen) atoms. The smallest absolute Gasteiger partial charge is 0.121 e. The van der Waals surface area contributed by atoms with E-state index >= 15 is 0 Å². The number of hydrogen-bond donors (Lipinski definition) is 2. The normalized spacial score (nSPS) is 18.5. The van der Waals surface area contributed by atoms with E-state index in [4.69, 9.17) is 10.5 Å². The average molecular weight is 235 g/mol. The van der Waals surface area contributed by atoms with Crippen molar-refractivity contribution in [2.24, 2.45) is 5.73 Å². The van der Waals surface area contributed by atoms with E-state index in [0.717, 1.165) is 18.4 Å². The van der Waals surface area contributed by atoms with Gasteiger partial charge in [0.1, 0.15) is 5.75 Å². The number of methoxy groups -OCH3 is 1. The third-order valence-electron chi connectivity index (χ3n) is 3.95. The van der Waals surface area contributed by atoms with Crippen molar-refractivity contribution in [2.75, 3.05) is 13.7 Å². The van der Waals surface area contributed by atoms with Gasteiger partial charge in [0.2, 0.25) is 0 Å². The van der Waals surface area contributed by atoms with Gasteiger partial charge in [-0.3, -0.25) is 0 Å². The Morgan fingerprint density at radius 2 is 2.06 bits per heavy atom. The van der Waals surface area contributed by atoms with Gasteiger partial charge >= 0.3 is 0 Å². The highest BCUT2D eigenvalue weighted by Gasteiger charge is 2.34. The SMILES string of the molecule is COCc1ccc(C2(CN)CCCC2)cc1O. The summed E-state index contributed by atoms with van der Waals surface area (Å²) in [5.41, 5.74) is 8.04. The molecule has 0 spiro atoms. The molecular formula is C14H21NO2. The molecule has 2 rings (SSSR count). The zero-order valence-electron chi connectivity index (χ0n) is 10.4. The standard InChI is InChI=1S/C14H21NO2/c1-17-9-11-4-5-12(8-13(11)16)14(10-15)6-2-3-7-14/h4-5,8,16H,2-3,6-7,9-10,15H2,1H3. The molecular weight excluding hydrogens is 214 g/mol. The molecule has 3 N–H and O–H groups in total. The predicted octanol–water partition coefficient (Wildman–Crippen LogP) is 2.31. The largest absolute Gasteiger partial charge is 0.508 e. The van der Waals surface area contributed by atoms with Crippen molar-refractivity contribution in [3.8, 4) is 5.75 Å². The van der Waals surface area contributed by atoms with Gasteiger partial charge in [-0.1, -0.05) is 25.0 Å². The molecule has 0 heterocycles. The van der Waals surface area contributed by atoms with E-state index in [1.165, 1.54) is 18.4 Å². The van der Waals surface area contributed by atoms with Crippen LogP contribution in [0.25, 0.3) is 0 Å². The van der Waals surface area contributed by atoms with Gasteiger partial charge in [0.05, 0.1) is 6.61 Å². The van der Waals surface area contributed by atoms with E-state index in [-0.39, 0.29) is 5.41 Å². The minimum absolute atomic E-state index is 0.0864. The molecule has 94 valence electrons. The summed E-state index contributed by atoms with van der Waals surface area (Å²) in [6, 6.07) is 5.91. The van der Waals surface area contributed by atoms with Crippen molar-refractivity contribution in [3.05, 3.63) is 29.3 Å². The highest BCUT2D eigenvalue weighted by atomic mass is 16.5. The monoisotopic (exact) mass is 235 g/mol. The molecule has 0 unspecified atom stereocenters. The van der Waals surface area contributed by atoms with Crippen molar-refractivity contribution < 1.29 is 9.84 Å². The van der Waals surface area contributed by atoms with Crippen LogP contribution in [0.5, 0.6) is 5.75 Å². The lowest BCUT2D eigenvalue weighted by atomic mass is 9.78. The van der Waals surface area contributed by atoms with Crippen LogP contribution >= 0.6 is 0 Å². The van der Waals surface area contributed by atoms with Gasteiger partial charge < -0.3 is 15.6 Å². The Morgan fingerprint density at radius 1 is 1.35 bits per heavy atom. The summed E-state index contributed by atoms with van der Waals surface area (Å²) in [4.78, 5) is 0. The number of phenolic OH excluding ortho intramolecular Hbond substituents is 1. The Kier molecular flexibility index (Phi) is 3.69. The molecule has 3 nitrogen and oxygen atoms in total. The summed E-state index contributed by atoms with van der Waals surface area (Å²) in [5.74, 6) is 0.323. The minimum atomic E-state index is 0.0864. The van der Waals surface area contributed by atoms with Gasteiger partial charge in [0, 0.05) is 24.6 Å². The lowest BCUT2D eigenvalue weighted by Crippen LogP contribution is -2.31. The fourth-order valence-corrected chi connectivity index (χ4v) is 2.83. The Balaban J connectivity index is 2.30. The predicted molar refractivity (Wildman–Crippen MR) is 68.0 cm³/mol. The summed E-state index contributed by atoms with van der Waals surface area (Å²) in [6.45, 7) is 1.11. The number of rotatable bonds is 4. The topological polar surface area (TPSA) is 55.5 Å². The summed E-state index contributed by atoms with van der Waals surface area (Å²) in [6.07, 6.45) is 4.73. The molecule has 3 heteroatoms. The van der Waals surface area contributed by atoms with Crippen molar-refractivity contribution in [1.29, 1.82) is 0 Å².